The minimum atomic E-state index is 0. The normalized spacial score (nSPS) is 16.4. The van der Waals surface area contributed by atoms with Gasteiger partial charge in [0.1, 0.15) is 11.9 Å². The maximum absolute atomic E-state index is 5.96. The van der Waals surface area contributed by atoms with Gasteiger partial charge in [-0.25, -0.2) is 9.97 Å². The highest BCUT2D eigenvalue weighted by Crippen LogP contribution is 2.17. The lowest BCUT2D eigenvalue weighted by Gasteiger charge is -2.21. The topological polar surface area (TPSA) is 78.4 Å². The second-order valence-corrected chi connectivity index (χ2v) is 6.65. The zero-order valence-electron chi connectivity index (χ0n) is 16.3. The summed E-state index contributed by atoms with van der Waals surface area (Å²) in [7, 11) is 1.80. The largest absolute Gasteiger partial charge is 0.472 e. The molecule has 0 amide bonds. The molecular formula is C21H25IN6O. The Balaban J connectivity index is 0.00000240. The van der Waals surface area contributed by atoms with Crippen molar-refractivity contribution in [2.45, 2.75) is 19.1 Å². The predicted octanol–water partition coefficient (Wildman–Crippen LogP) is 3.32. The number of imidazole rings is 1. The second-order valence-electron chi connectivity index (χ2n) is 6.65. The lowest BCUT2D eigenvalue weighted by Crippen LogP contribution is -2.40. The summed E-state index contributed by atoms with van der Waals surface area (Å²) in [5.74, 6) is 2.39. The van der Waals surface area contributed by atoms with Crippen LogP contribution in [0.1, 0.15) is 12.2 Å². The van der Waals surface area contributed by atoms with Gasteiger partial charge < -0.3 is 19.9 Å². The summed E-state index contributed by atoms with van der Waals surface area (Å²) in [6.07, 6.45) is 4.66. The van der Waals surface area contributed by atoms with Crippen LogP contribution < -0.4 is 10.1 Å². The fourth-order valence-electron chi connectivity index (χ4n) is 3.32. The van der Waals surface area contributed by atoms with Crippen molar-refractivity contribution in [3.05, 3.63) is 66.7 Å². The van der Waals surface area contributed by atoms with Crippen molar-refractivity contribution in [1.29, 1.82) is 0 Å². The van der Waals surface area contributed by atoms with Crippen molar-refractivity contribution in [3.8, 4) is 17.1 Å². The molecule has 1 aliphatic rings. The molecule has 0 bridgehead atoms. The first-order valence-electron chi connectivity index (χ1n) is 9.44. The Labute approximate surface area is 187 Å². The minimum absolute atomic E-state index is 0. The van der Waals surface area contributed by atoms with Crippen LogP contribution in [0.3, 0.4) is 0 Å². The van der Waals surface area contributed by atoms with E-state index in [0.717, 1.165) is 42.6 Å². The lowest BCUT2D eigenvalue weighted by atomic mass is 10.2. The molecule has 152 valence electrons. The quantitative estimate of drug-likeness (QED) is 0.317. The van der Waals surface area contributed by atoms with E-state index in [1.165, 1.54) is 0 Å². The van der Waals surface area contributed by atoms with Crippen LogP contribution in [0.25, 0.3) is 11.3 Å². The van der Waals surface area contributed by atoms with Gasteiger partial charge in [-0.05, 0) is 11.6 Å². The standard InChI is InChI=1S/C21H24N6O.HI/c1-22-21(27-12-10-17(15-27)28-20-9-5-6-11-23-20)25-14-19-24-13-18(26-19)16-7-3-2-4-8-16;/h2-9,11,13,17H,10,12,14-15H2,1H3,(H,22,25)(H,24,26);1H. The van der Waals surface area contributed by atoms with Gasteiger partial charge in [0.05, 0.1) is 25.0 Å². The number of aromatic nitrogens is 3. The maximum atomic E-state index is 5.96. The van der Waals surface area contributed by atoms with Crippen molar-refractivity contribution in [3.63, 3.8) is 0 Å². The number of halogens is 1. The van der Waals surface area contributed by atoms with E-state index in [1.54, 1.807) is 13.2 Å². The van der Waals surface area contributed by atoms with Crippen LogP contribution in [0, 0.1) is 0 Å². The number of nitrogens with one attached hydrogen (secondary N) is 2. The third kappa shape index (κ3) is 5.47. The molecule has 4 rings (SSSR count). The van der Waals surface area contributed by atoms with Crippen molar-refractivity contribution in [2.75, 3.05) is 20.1 Å². The van der Waals surface area contributed by atoms with Crippen LogP contribution >= 0.6 is 24.0 Å². The average Bonchev–Trinajstić information content (AvgIpc) is 3.40. The van der Waals surface area contributed by atoms with E-state index in [0.29, 0.717) is 12.4 Å². The monoisotopic (exact) mass is 504 g/mol. The van der Waals surface area contributed by atoms with Gasteiger partial charge in [0.15, 0.2) is 5.96 Å². The van der Waals surface area contributed by atoms with E-state index >= 15 is 0 Å². The summed E-state index contributed by atoms with van der Waals surface area (Å²) in [6.45, 7) is 2.26. The Hall–Kier alpha value is -2.62. The molecule has 1 fully saturated rings. The van der Waals surface area contributed by atoms with Gasteiger partial charge in [0.25, 0.3) is 0 Å². The zero-order valence-corrected chi connectivity index (χ0v) is 18.6. The van der Waals surface area contributed by atoms with Gasteiger partial charge in [0, 0.05) is 32.3 Å². The van der Waals surface area contributed by atoms with Crippen molar-refractivity contribution < 1.29 is 4.74 Å². The van der Waals surface area contributed by atoms with Gasteiger partial charge in [-0.2, -0.15) is 0 Å². The number of aromatic amines is 1. The number of nitrogens with zero attached hydrogens (tertiary/aromatic N) is 4. The molecule has 3 aromatic rings. The fraction of sp³-hybridized carbons (Fsp3) is 0.286. The number of pyridine rings is 1. The number of likely N-dealkylation sites (tertiary alicyclic amines) is 1. The summed E-state index contributed by atoms with van der Waals surface area (Å²) in [5, 5.41) is 3.39. The molecule has 2 aromatic heterocycles. The number of aliphatic imine (C=N–C) groups is 1. The summed E-state index contributed by atoms with van der Waals surface area (Å²) in [6, 6.07) is 15.9. The lowest BCUT2D eigenvalue weighted by molar-refractivity contribution is 0.205. The maximum Gasteiger partial charge on any atom is 0.213 e. The fourth-order valence-corrected chi connectivity index (χ4v) is 3.32. The molecule has 0 radical (unpaired) electrons. The third-order valence-electron chi connectivity index (χ3n) is 4.71. The molecule has 3 heterocycles. The molecule has 2 N–H and O–H groups in total. The molecule has 0 spiro atoms. The van der Waals surface area contributed by atoms with Crippen LogP contribution in [-0.2, 0) is 6.54 Å². The summed E-state index contributed by atoms with van der Waals surface area (Å²) < 4.78 is 5.96. The first kappa shape index (κ1) is 21.1. The van der Waals surface area contributed by atoms with Gasteiger partial charge in [0.2, 0.25) is 5.88 Å². The van der Waals surface area contributed by atoms with Crippen LogP contribution in [0.2, 0.25) is 0 Å². The van der Waals surface area contributed by atoms with E-state index in [4.69, 9.17) is 4.74 Å². The molecule has 1 aliphatic heterocycles. The molecule has 8 heteroatoms. The molecule has 1 saturated heterocycles. The second kappa shape index (κ2) is 10.2. The molecule has 1 atom stereocenters. The Bertz CT molecular complexity index is 915. The average molecular weight is 504 g/mol. The summed E-state index contributed by atoms with van der Waals surface area (Å²) >= 11 is 0. The zero-order chi connectivity index (χ0) is 19.2. The summed E-state index contributed by atoms with van der Waals surface area (Å²) in [4.78, 5) is 18.7. The van der Waals surface area contributed by atoms with Crippen LogP contribution in [0.4, 0.5) is 0 Å². The number of guanidine groups is 1. The van der Waals surface area contributed by atoms with Crippen molar-refractivity contribution in [1.82, 2.24) is 25.2 Å². The van der Waals surface area contributed by atoms with E-state index in [1.807, 2.05) is 42.6 Å². The van der Waals surface area contributed by atoms with Crippen molar-refractivity contribution >= 4 is 29.9 Å². The summed E-state index contributed by atoms with van der Waals surface area (Å²) in [5.41, 5.74) is 2.14. The SMILES string of the molecule is CN=C(NCc1ncc(-c2ccccc2)[nH]1)N1CCC(Oc2ccccn2)C1.I. The molecular weight excluding hydrogens is 479 g/mol. The first-order chi connectivity index (χ1) is 13.8. The highest BCUT2D eigenvalue weighted by Gasteiger charge is 2.26. The Morgan fingerprint density at radius 1 is 1.21 bits per heavy atom. The van der Waals surface area contributed by atoms with Gasteiger partial charge in [-0.15, -0.1) is 24.0 Å². The Morgan fingerprint density at radius 2 is 2.03 bits per heavy atom. The van der Waals surface area contributed by atoms with Gasteiger partial charge >= 0.3 is 0 Å². The van der Waals surface area contributed by atoms with E-state index < -0.39 is 0 Å². The van der Waals surface area contributed by atoms with E-state index in [9.17, 15) is 0 Å². The molecule has 1 unspecified atom stereocenters. The van der Waals surface area contributed by atoms with E-state index in [2.05, 4.69) is 42.3 Å². The van der Waals surface area contributed by atoms with Crippen molar-refractivity contribution in [2.24, 2.45) is 4.99 Å². The Kier molecular flexibility index (Phi) is 7.45. The number of hydrogen-bond acceptors (Lipinski definition) is 4. The molecule has 7 nitrogen and oxygen atoms in total. The molecule has 29 heavy (non-hydrogen) atoms. The minimum Gasteiger partial charge on any atom is -0.472 e. The first-order valence-corrected chi connectivity index (χ1v) is 9.44. The van der Waals surface area contributed by atoms with Crippen LogP contribution in [0.5, 0.6) is 5.88 Å². The van der Waals surface area contributed by atoms with E-state index in [-0.39, 0.29) is 30.1 Å². The third-order valence-corrected chi connectivity index (χ3v) is 4.71. The number of ether oxygens (including phenoxy) is 1. The smallest absolute Gasteiger partial charge is 0.213 e. The predicted molar refractivity (Wildman–Crippen MR) is 124 cm³/mol. The number of rotatable bonds is 5. The number of hydrogen-bond donors (Lipinski definition) is 2. The highest BCUT2D eigenvalue weighted by atomic mass is 127. The molecule has 1 aromatic carbocycles. The van der Waals surface area contributed by atoms with Crippen LogP contribution in [-0.4, -0.2) is 52.1 Å². The Morgan fingerprint density at radius 3 is 2.79 bits per heavy atom. The molecule has 0 saturated carbocycles. The highest BCUT2D eigenvalue weighted by molar-refractivity contribution is 14.0. The number of benzene rings is 1. The molecule has 0 aliphatic carbocycles. The van der Waals surface area contributed by atoms with Gasteiger partial charge in [-0.1, -0.05) is 36.4 Å². The van der Waals surface area contributed by atoms with Gasteiger partial charge in [-0.3, -0.25) is 4.99 Å². The number of H-pyrrole nitrogens is 1. The van der Waals surface area contributed by atoms with Crippen LogP contribution in [0.15, 0.2) is 65.9 Å².